The molecular weight excluding hydrogens is 456 g/mol. The van der Waals surface area contributed by atoms with Gasteiger partial charge >= 0.3 is 0 Å². The average molecular weight is 489 g/mol. The van der Waals surface area contributed by atoms with Gasteiger partial charge in [-0.3, -0.25) is 0 Å². The number of benzene rings is 2. The number of nitrogens with zero attached hydrogens (tertiary/aromatic N) is 4. The van der Waals surface area contributed by atoms with E-state index in [1.165, 1.54) is 32.3 Å². The van der Waals surface area contributed by atoms with E-state index in [1.807, 2.05) is 0 Å². The molecule has 0 N–H and O–H groups in total. The molecular formula is C28H32N4S2+2. The number of aromatic nitrogens is 2. The molecule has 2 aromatic carbocycles. The van der Waals surface area contributed by atoms with Crippen molar-refractivity contribution in [2.75, 3.05) is 38.0 Å². The Morgan fingerprint density at radius 1 is 0.500 bits per heavy atom. The Morgan fingerprint density at radius 2 is 0.824 bits per heavy atom. The first-order valence-electron chi connectivity index (χ1n) is 11.3. The Morgan fingerprint density at radius 3 is 1.12 bits per heavy atom. The van der Waals surface area contributed by atoms with Crippen LogP contribution in [0.4, 0.5) is 11.4 Å². The van der Waals surface area contributed by atoms with Crippen LogP contribution in [-0.2, 0) is 13.1 Å². The predicted octanol–water partition coefficient (Wildman–Crippen LogP) is 5.29. The normalized spacial score (nSPS) is 10.8. The third-order valence-corrected chi connectivity index (χ3v) is 8.01. The smallest absolute Gasteiger partial charge is 0.173 e. The first-order chi connectivity index (χ1) is 16.5. The number of hydrogen-bond donors (Lipinski definition) is 0. The van der Waals surface area contributed by atoms with Crippen molar-refractivity contribution in [3.05, 3.63) is 109 Å². The second-order valence-corrected chi connectivity index (χ2v) is 11.0. The molecule has 0 spiro atoms. The van der Waals surface area contributed by atoms with Gasteiger partial charge in [-0.2, -0.15) is 0 Å². The minimum Gasteiger partial charge on any atom is -0.377 e. The SMILES string of the molecule is CN(C)c1cc[n+](Cc2ccc(SSc3ccc(C[n+]4ccc(N(C)C)cc4)cc3)cc2)cc1. The van der Waals surface area contributed by atoms with Crippen molar-refractivity contribution in [1.82, 2.24) is 0 Å². The first-order valence-corrected chi connectivity index (χ1v) is 13.5. The summed E-state index contributed by atoms with van der Waals surface area (Å²) < 4.78 is 4.42. The summed E-state index contributed by atoms with van der Waals surface area (Å²) in [7, 11) is 11.9. The molecule has 174 valence electrons. The molecule has 0 aliphatic carbocycles. The van der Waals surface area contributed by atoms with Crippen molar-refractivity contribution in [2.24, 2.45) is 0 Å². The highest BCUT2D eigenvalue weighted by Gasteiger charge is 2.07. The molecule has 0 saturated carbocycles. The van der Waals surface area contributed by atoms with Crippen LogP contribution in [0.15, 0.2) is 107 Å². The molecule has 0 saturated heterocycles. The van der Waals surface area contributed by atoms with E-state index in [1.54, 1.807) is 21.6 Å². The lowest BCUT2D eigenvalue weighted by Gasteiger charge is -2.10. The molecule has 0 aliphatic rings. The van der Waals surface area contributed by atoms with Gasteiger partial charge in [0.25, 0.3) is 0 Å². The third-order valence-electron chi connectivity index (χ3n) is 5.59. The van der Waals surface area contributed by atoms with Gasteiger partial charge in [0.1, 0.15) is 0 Å². The van der Waals surface area contributed by atoms with E-state index in [-0.39, 0.29) is 0 Å². The maximum atomic E-state index is 2.22. The minimum atomic E-state index is 0.878. The van der Waals surface area contributed by atoms with Crippen LogP contribution >= 0.6 is 21.6 Å². The van der Waals surface area contributed by atoms with Crippen LogP contribution in [0.5, 0.6) is 0 Å². The quantitative estimate of drug-likeness (QED) is 0.235. The Labute approximate surface area is 211 Å². The zero-order chi connectivity index (χ0) is 23.9. The maximum absolute atomic E-state index is 2.22. The zero-order valence-corrected chi connectivity index (χ0v) is 21.9. The summed E-state index contributed by atoms with van der Waals surface area (Å²) in [4.78, 5) is 6.76. The molecule has 0 bridgehead atoms. The standard InChI is InChI=1S/C28H32N4S2/c1-29(2)25-13-17-31(18-14-25)21-23-5-9-27(10-6-23)33-34-28-11-7-24(8-12-28)22-32-19-15-26(16-20-32)30(3)4/h5-20H,21-22H2,1-4H3/q+2. The monoisotopic (exact) mass is 488 g/mol. The summed E-state index contributed by atoms with van der Waals surface area (Å²) in [5.74, 6) is 0. The summed E-state index contributed by atoms with van der Waals surface area (Å²) in [5, 5.41) is 0. The van der Waals surface area contributed by atoms with E-state index in [0.29, 0.717) is 0 Å². The lowest BCUT2D eigenvalue weighted by molar-refractivity contribution is -0.688. The van der Waals surface area contributed by atoms with E-state index in [0.717, 1.165) is 13.1 Å². The molecule has 0 unspecified atom stereocenters. The fourth-order valence-corrected chi connectivity index (χ4v) is 5.46. The van der Waals surface area contributed by atoms with Gasteiger partial charge < -0.3 is 9.80 Å². The maximum Gasteiger partial charge on any atom is 0.173 e. The largest absolute Gasteiger partial charge is 0.377 e. The number of hydrogen-bond acceptors (Lipinski definition) is 4. The van der Waals surface area contributed by atoms with Crippen LogP contribution in [0.3, 0.4) is 0 Å². The van der Waals surface area contributed by atoms with Crippen molar-refractivity contribution >= 4 is 33.0 Å². The van der Waals surface area contributed by atoms with Crippen molar-refractivity contribution < 1.29 is 9.13 Å². The second-order valence-electron chi connectivity index (χ2n) is 8.70. The summed E-state index contributed by atoms with van der Waals surface area (Å²) in [5.41, 5.74) is 5.03. The Balaban J connectivity index is 1.27. The highest BCUT2D eigenvalue weighted by atomic mass is 33.1. The molecule has 34 heavy (non-hydrogen) atoms. The van der Waals surface area contributed by atoms with E-state index in [2.05, 4.69) is 145 Å². The van der Waals surface area contributed by atoms with Gasteiger partial charge in [-0.25, -0.2) is 9.13 Å². The van der Waals surface area contributed by atoms with Crippen molar-refractivity contribution in [3.63, 3.8) is 0 Å². The summed E-state index contributed by atoms with van der Waals surface area (Å²) >= 11 is 0. The Kier molecular flexibility index (Phi) is 8.14. The van der Waals surface area contributed by atoms with Gasteiger partial charge in [0.2, 0.25) is 0 Å². The van der Waals surface area contributed by atoms with Crippen LogP contribution in [0.1, 0.15) is 11.1 Å². The van der Waals surface area contributed by atoms with Gasteiger partial charge in [0.05, 0.1) is 0 Å². The van der Waals surface area contributed by atoms with Gasteiger partial charge in [-0.1, -0.05) is 45.9 Å². The molecule has 2 aromatic heterocycles. The lowest BCUT2D eigenvalue weighted by Crippen LogP contribution is -2.33. The first kappa shape index (κ1) is 24.2. The summed E-state index contributed by atoms with van der Waals surface area (Å²) in [6.45, 7) is 1.76. The lowest BCUT2D eigenvalue weighted by atomic mass is 10.2. The molecule has 4 rings (SSSR count). The molecule has 0 fully saturated rings. The number of pyridine rings is 2. The molecule has 6 heteroatoms. The minimum absolute atomic E-state index is 0.878. The highest BCUT2D eigenvalue weighted by molar-refractivity contribution is 8.76. The van der Waals surface area contributed by atoms with Gasteiger partial charge in [-0.05, 0) is 24.3 Å². The highest BCUT2D eigenvalue weighted by Crippen LogP contribution is 2.37. The van der Waals surface area contributed by atoms with E-state index in [9.17, 15) is 0 Å². The fourth-order valence-electron chi connectivity index (χ4n) is 3.52. The van der Waals surface area contributed by atoms with Crippen LogP contribution in [0, 0.1) is 0 Å². The molecule has 4 nitrogen and oxygen atoms in total. The predicted molar refractivity (Wildman–Crippen MR) is 145 cm³/mol. The molecule has 4 aromatic rings. The average Bonchev–Trinajstić information content (AvgIpc) is 2.85. The van der Waals surface area contributed by atoms with Gasteiger partial charge in [0.15, 0.2) is 37.9 Å². The molecule has 0 aliphatic heterocycles. The molecule has 0 amide bonds. The Hall–Kier alpha value is -2.96. The van der Waals surface area contributed by atoms with Crippen LogP contribution in [0.2, 0.25) is 0 Å². The summed E-state index contributed by atoms with van der Waals surface area (Å²) in [6, 6.07) is 26.3. The molecule has 2 heterocycles. The van der Waals surface area contributed by atoms with E-state index >= 15 is 0 Å². The van der Waals surface area contributed by atoms with E-state index < -0.39 is 0 Å². The number of rotatable bonds is 9. The second kappa shape index (κ2) is 11.4. The topological polar surface area (TPSA) is 14.2 Å². The molecule has 0 atom stereocenters. The van der Waals surface area contributed by atoms with Crippen LogP contribution in [0.25, 0.3) is 0 Å². The Bertz CT molecular complexity index is 1070. The van der Waals surface area contributed by atoms with Crippen molar-refractivity contribution in [2.45, 2.75) is 22.9 Å². The van der Waals surface area contributed by atoms with Gasteiger partial charge in [-0.15, -0.1) is 0 Å². The van der Waals surface area contributed by atoms with Crippen LogP contribution in [-0.4, -0.2) is 28.2 Å². The molecule has 0 radical (unpaired) electrons. The summed E-state index contributed by atoms with van der Waals surface area (Å²) in [6.07, 6.45) is 8.54. The number of anilines is 2. The fraction of sp³-hybridized carbons (Fsp3) is 0.214. The van der Waals surface area contributed by atoms with Crippen LogP contribution < -0.4 is 18.9 Å². The van der Waals surface area contributed by atoms with Crippen molar-refractivity contribution in [3.8, 4) is 0 Å². The van der Waals surface area contributed by atoms with Gasteiger partial charge in [0, 0.05) is 84.7 Å². The third kappa shape index (κ3) is 6.78. The van der Waals surface area contributed by atoms with E-state index in [4.69, 9.17) is 0 Å². The van der Waals surface area contributed by atoms with Crippen molar-refractivity contribution in [1.29, 1.82) is 0 Å². The zero-order valence-electron chi connectivity index (χ0n) is 20.3.